The lowest BCUT2D eigenvalue weighted by atomic mass is 9.71. The zero-order valence-electron chi connectivity index (χ0n) is 13.6. The van der Waals surface area contributed by atoms with Crippen LogP contribution in [0.1, 0.15) is 38.5 Å². The van der Waals surface area contributed by atoms with Gasteiger partial charge in [-0.1, -0.05) is 31.4 Å². The van der Waals surface area contributed by atoms with E-state index >= 15 is 0 Å². The van der Waals surface area contributed by atoms with Crippen molar-refractivity contribution < 1.29 is 14.3 Å². The molecule has 0 saturated heterocycles. The number of carbonyl (C=O) groups excluding carboxylic acids is 1. The van der Waals surface area contributed by atoms with Crippen LogP contribution in [0.3, 0.4) is 0 Å². The number of fused-ring (bicyclic) bond motifs is 1. The summed E-state index contributed by atoms with van der Waals surface area (Å²) >= 11 is 0. The normalized spacial score (nSPS) is 22.4. The number of hydrogen-bond acceptors (Lipinski definition) is 4. The average Bonchev–Trinajstić information content (AvgIpc) is 2.60. The first-order chi connectivity index (χ1) is 11.2. The van der Waals surface area contributed by atoms with Crippen molar-refractivity contribution in [1.29, 1.82) is 0 Å². The van der Waals surface area contributed by atoms with Gasteiger partial charge in [0.05, 0.1) is 6.54 Å². The molecule has 1 aromatic rings. The van der Waals surface area contributed by atoms with Crippen LogP contribution in [-0.4, -0.2) is 31.7 Å². The van der Waals surface area contributed by atoms with Crippen molar-refractivity contribution in [2.75, 3.05) is 19.7 Å². The molecule has 1 heterocycles. The second kappa shape index (κ2) is 7.21. The Balaban J connectivity index is 1.48. The molecule has 1 atom stereocenters. The number of carbonyl (C=O) groups is 1. The second-order valence-electron chi connectivity index (χ2n) is 6.74. The third kappa shape index (κ3) is 3.96. The lowest BCUT2D eigenvalue weighted by molar-refractivity contribution is -0.124. The Bertz CT molecular complexity index is 541. The molecular weight excluding hydrogens is 292 g/mol. The van der Waals surface area contributed by atoms with Gasteiger partial charge in [-0.25, -0.2) is 0 Å². The van der Waals surface area contributed by atoms with Crippen molar-refractivity contribution in [1.82, 2.24) is 5.32 Å². The molecule has 23 heavy (non-hydrogen) atoms. The first kappa shape index (κ1) is 16.1. The van der Waals surface area contributed by atoms with E-state index in [1.807, 2.05) is 24.3 Å². The Hall–Kier alpha value is -1.75. The zero-order valence-corrected chi connectivity index (χ0v) is 13.6. The van der Waals surface area contributed by atoms with E-state index in [1.54, 1.807) is 0 Å². The molecule has 1 fully saturated rings. The van der Waals surface area contributed by atoms with E-state index in [-0.39, 0.29) is 17.4 Å². The van der Waals surface area contributed by atoms with E-state index in [0.717, 1.165) is 24.3 Å². The molecule has 1 aromatic carbocycles. The number of amides is 1. The number of nitrogens with one attached hydrogen (secondary N) is 1. The minimum atomic E-state index is -0.144. The first-order valence-electron chi connectivity index (χ1n) is 8.56. The molecule has 1 aliphatic heterocycles. The van der Waals surface area contributed by atoms with Crippen LogP contribution in [0.5, 0.6) is 11.5 Å². The maximum atomic E-state index is 12.3. The molecule has 126 valence electrons. The molecule has 0 aromatic heterocycles. The van der Waals surface area contributed by atoms with E-state index in [2.05, 4.69) is 5.32 Å². The number of benzene rings is 1. The Kier molecular flexibility index (Phi) is 5.06. The number of para-hydroxylation sites is 2. The van der Waals surface area contributed by atoms with Crippen molar-refractivity contribution in [3.05, 3.63) is 24.3 Å². The molecule has 5 nitrogen and oxygen atoms in total. The molecule has 2 aliphatic rings. The van der Waals surface area contributed by atoms with Crippen LogP contribution < -0.4 is 20.5 Å². The summed E-state index contributed by atoms with van der Waals surface area (Å²) < 4.78 is 11.5. The van der Waals surface area contributed by atoms with Crippen molar-refractivity contribution >= 4 is 5.91 Å². The summed E-state index contributed by atoms with van der Waals surface area (Å²) in [7, 11) is 0. The molecule has 3 N–H and O–H groups in total. The number of rotatable bonds is 5. The second-order valence-corrected chi connectivity index (χ2v) is 6.74. The van der Waals surface area contributed by atoms with Gasteiger partial charge in [0.1, 0.15) is 12.7 Å². The minimum absolute atomic E-state index is 0.00114. The zero-order chi connectivity index (χ0) is 16.1. The summed E-state index contributed by atoms with van der Waals surface area (Å²) in [5.41, 5.74) is 5.95. The summed E-state index contributed by atoms with van der Waals surface area (Å²) in [5.74, 6) is 1.57. The van der Waals surface area contributed by atoms with E-state index in [9.17, 15) is 4.79 Å². The Labute approximate surface area is 137 Å². The first-order valence-corrected chi connectivity index (χ1v) is 8.56. The average molecular weight is 318 g/mol. The fourth-order valence-corrected chi connectivity index (χ4v) is 3.55. The number of nitrogens with two attached hydrogens (primary N) is 1. The minimum Gasteiger partial charge on any atom is -0.486 e. The van der Waals surface area contributed by atoms with Gasteiger partial charge in [-0.2, -0.15) is 0 Å². The molecular formula is C18H26N2O3. The molecule has 0 radical (unpaired) electrons. The maximum absolute atomic E-state index is 12.3. The highest BCUT2D eigenvalue weighted by Crippen LogP contribution is 2.38. The fraction of sp³-hybridized carbons (Fsp3) is 0.611. The van der Waals surface area contributed by atoms with Crippen LogP contribution >= 0.6 is 0 Å². The Morgan fingerprint density at radius 2 is 1.96 bits per heavy atom. The van der Waals surface area contributed by atoms with Gasteiger partial charge >= 0.3 is 0 Å². The highest BCUT2D eigenvalue weighted by atomic mass is 16.6. The molecule has 1 unspecified atom stereocenters. The summed E-state index contributed by atoms with van der Waals surface area (Å²) in [5, 5.41) is 2.99. The molecule has 5 heteroatoms. The fourth-order valence-electron chi connectivity index (χ4n) is 3.55. The van der Waals surface area contributed by atoms with E-state index in [0.29, 0.717) is 26.1 Å². The molecule has 3 rings (SSSR count). The van der Waals surface area contributed by atoms with Crippen LogP contribution in [0.4, 0.5) is 0 Å². The van der Waals surface area contributed by atoms with Crippen molar-refractivity contribution in [2.45, 2.75) is 44.6 Å². The van der Waals surface area contributed by atoms with Gasteiger partial charge in [0.15, 0.2) is 11.5 Å². The standard InChI is InChI=1S/C18H26N2O3/c19-13-18(8-4-1-5-9-18)10-17(21)20-11-14-12-22-15-6-2-3-7-16(15)23-14/h2-3,6-7,14H,1,4-5,8-13,19H2,(H,20,21). The highest BCUT2D eigenvalue weighted by molar-refractivity contribution is 5.76. The highest BCUT2D eigenvalue weighted by Gasteiger charge is 2.33. The third-order valence-corrected chi connectivity index (χ3v) is 4.98. The topological polar surface area (TPSA) is 73.6 Å². The lowest BCUT2D eigenvalue weighted by Gasteiger charge is -2.35. The van der Waals surface area contributed by atoms with Crippen LogP contribution in [0.25, 0.3) is 0 Å². The van der Waals surface area contributed by atoms with Crippen LogP contribution in [-0.2, 0) is 4.79 Å². The largest absolute Gasteiger partial charge is 0.486 e. The van der Waals surface area contributed by atoms with Gasteiger partial charge in [-0.3, -0.25) is 4.79 Å². The Morgan fingerprint density at radius 1 is 1.22 bits per heavy atom. The van der Waals surface area contributed by atoms with Gasteiger partial charge in [-0.15, -0.1) is 0 Å². The Morgan fingerprint density at radius 3 is 2.70 bits per heavy atom. The predicted octanol–water partition coefficient (Wildman–Crippen LogP) is 2.24. The van der Waals surface area contributed by atoms with Gasteiger partial charge in [0, 0.05) is 6.42 Å². The van der Waals surface area contributed by atoms with E-state index < -0.39 is 0 Å². The van der Waals surface area contributed by atoms with Crippen LogP contribution in [0.2, 0.25) is 0 Å². The van der Waals surface area contributed by atoms with Crippen LogP contribution in [0.15, 0.2) is 24.3 Å². The lowest BCUT2D eigenvalue weighted by Crippen LogP contribution is -2.43. The van der Waals surface area contributed by atoms with Gasteiger partial charge in [0.25, 0.3) is 0 Å². The van der Waals surface area contributed by atoms with E-state index in [1.165, 1.54) is 19.3 Å². The predicted molar refractivity (Wildman–Crippen MR) is 88.6 cm³/mol. The third-order valence-electron chi connectivity index (χ3n) is 4.98. The summed E-state index contributed by atoms with van der Waals surface area (Å²) in [4.78, 5) is 12.3. The van der Waals surface area contributed by atoms with Gasteiger partial charge in [0.2, 0.25) is 5.91 Å². The number of hydrogen-bond donors (Lipinski definition) is 2. The smallest absolute Gasteiger partial charge is 0.220 e. The van der Waals surface area contributed by atoms with Crippen molar-refractivity contribution in [3.8, 4) is 11.5 Å². The van der Waals surface area contributed by atoms with Crippen molar-refractivity contribution in [3.63, 3.8) is 0 Å². The van der Waals surface area contributed by atoms with Gasteiger partial charge in [-0.05, 0) is 36.9 Å². The van der Waals surface area contributed by atoms with E-state index in [4.69, 9.17) is 15.2 Å². The quantitative estimate of drug-likeness (QED) is 0.873. The summed E-state index contributed by atoms with van der Waals surface area (Å²) in [6.07, 6.45) is 6.13. The maximum Gasteiger partial charge on any atom is 0.220 e. The van der Waals surface area contributed by atoms with Gasteiger partial charge < -0.3 is 20.5 Å². The van der Waals surface area contributed by atoms with Crippen molar-refractivity contribution in [2.24, 2.45) is 11.1 Å². The molecule has 0 bridgehead atoms. The van der Waals surface area contributed by atoms with Crippen LogP contribution in [0, 0.1) is 5.41 Å². The summed E-state index contributed by atoms with van der Waals surface area (Å²) in [6.45, 7) is 1.52. The molecule has 0 spiro atoms. The SMILES string of the molecule is NCC1(CC(=O)NCC2COc3ccccc3O2)CCCCC1. The molecule has 1 aliphatic carbocycles. The monoisotopic (exact) mass is 318 g/mol. The molecule has 1 amide bonds. The summed E-state index contributed by atoms with van der Waals surface area (Å²) in [6, 6.07) is 7.60. The number of ether oxygens (including phenoxy) is 2. The molecule has 1 saturated carbocycles.